The fourth-order valence-corrected chi connectivity index (χ4v) is 1.51. The highest BCUT2D eigenvalue weighted by Crippen LogP contribution is 2.22. The Morgan fingerprint density at radius 2 is 1.72 bits per heavy atom. The molecule has 0 heterocycles. The van der Waals surface area contributed by atoms with E-state index in [1.165, 1.54) is 0 Å². The molecule has 18 heavy (non-hydrogen) atoms. The summed E-state index contributed by atoms with van der Waals surface area (Å²) in [6.07, 6.45) is 0.892. The third-order valence-corrected chi connectivity index (χ3v) is 2.50. The van der Waals surface area contributed by atoms with Crippen LogP contribution < -0.4 is 20.1 Å². The van der Waals surface area contributed by atoms with E-state index in [1.54, 1.807) is 32.4 Å². The Labute approximate surface area is 107 Å². The summed E-state index contributed by atoms with van der Waals surface area (Å²) in [5, 5.41) is 5.87. The Morgan fingerprint density at radius 1 is 1.11 bits per heavy atom. The summed E-state index contributed by atoms with van der Waals surface area (Å²) in [5.41, 5.74) is 0.538. The van der Waals surface area contributed by atoms with Crippen molar-refractivity contribution in [1.29, 1.82) is 0 Å². The second-order valence-electron chi connectivity index (χ2n) is 3.81. The van der Waals surface area contributed by atoms with Crippen molar-refractivity contribution in [1.82, 2.24) is 10.6 Å². The van der Waals surface area contributed by atoms with E-state index in [0.717, 1.165) is 13.0 Å². The quantitative estimate of drug-likeness (QED) is 0.712. The molecule has 1 rings (SSSR count). The highest BCUT2D eigenvalue weighted by atomic mass is 16.5. The number of amides is 1. The summed E-state index contributed by atoms with van der Waals surface area (Å²) in [4.78, 5) is 11.9. The first kappa shape index (κ1) is 14.3. The molecule has 0 aliphatic carbocycles. The van der Waals surface area contributed by atoms with Gasteiger partial charge in [0.2, 0.25) is 0 Å². The van der Waals surface area contributed by atoms with E-state index in [-0.39, 0.29) is 5.91 Å². The van der Waals surface area contributed by atoms with E-state index in [2.05, 4.69) is 10.6 Å². The van der Waals surface area contributed by atoms with Crippen molar-refractivity contribution >= 4 is 5.91 Å². The molecule has 0 unspecified atom stereocenters. The maximum atomic E-state index is 11.9. The van der Waals surface area contributed by atoms with Crippen molar-refractivity contribution < 1.29 is 14.3 Å². The zero-order chi connectivity index (χ0) is 13.4. The van der Waals surface area contributed by atoms with Gasteiger partial charge in [-0.25, -0.2) is 0 Å². The molecule has 0 saturated carbocycles. The normalized spacial score (nSPS) is 9.94. The summed E-state index contributed by atoms with van der Waals surface area (Å²) < 4.78 is 10.2. The molecule has 0 fully saturated rings. The number of nitrogens with one attached hydrogen (secondary N) is 2. The summed E-state index contributed by atoms with van der Waals surface area (Å²) in [6, 6.07) is 5.11. The average Bonchev–Trinajstić information content (AvgIpc) is 2.42. The second-order valence-corrected chi connectivity index (χ2v) is 3.81. The third-order valence-electron chi connectivity index (χ3n) is 2.50. The van der Waals surface area contributed by atoms with Gasteiger partial charge in [-0.05, 0) is 32.1 Å². The van der Waals surface area contributed by atoms with Gasteiger partial charge >= 0.3 is 0 Å². The van der Waals surface area contributed by atoms with E-state index >= 15 is 0 Å². The summed E-state index contributed by atoms with van der Waals surface area (Å²) >= 11 is 0. The fourth-order valence-electron chi connectivity index (χ4n) is 1.51. The molecule has 2 N–H and O–H groups in total. The number of carbonyl (C=O) groups is 1. The highest BCUT2D eigenvalue weighted by molar-refractivity contribution is 5.95. The van der Waals surface area contributed by atoms with E-state index < -0.39 is 0 Å². The first-order valence-corrected chi connectivity index (χ1v) is 5.87. The zero-order valence-electron chi connectivity index (χ0n) is 11.1. The van der Waals surface area contributed by atoms with Gasteiger partial charge in [0.25, 0.3) is 5.91 Å². The highest BCUT2D eigenvalue weighted by Gasteiger charge is 2.09. The third kappa shape index (κ3) is 4.25. The Hall–Kier alpha value is -1.75. The number of hydrogen-bond donors (Lipinski definition) is 2. The molecule has 0 aliphatic rings. The molecule has 0 atom stereocenters. The van der Waals surface area contributed by atoms with Crippen LogP contribution in [0.4, 0.5) is 0 Å². The maximum Gasteiger partial charge on any atom is 0.251 e. The Kier molecular flexibility index (Phi) is 6.00. The number of carbonyl (C=O) groups excluding carboxylic acids is 1. The smallest absolute Gasteiger partial charge is 0.251 e. The predicted octanol–water partition coefficient (Wildman–Crippen LogP) is 1.04. The van der Waals surface area contributed by atoms with Crippen LogP contribution in [0.2, 0.25) is 0 Å². The van der Waals surface area contributed by atoms with Gasteiger partial charge < -0.3 is 20.1 Å². The molecule has 5 nitrogen and oxygen atoms in total. The lowest BCUT2D eigenvalue weighted by molar-refractivity contribution is 0.0952. The predicted molar refractivity (Wildman–Crippen MR) is 70.4 cm³/mol. The Bertz CT molecular complexity index is 372. The lowest BCUT2D eigenvalue weighted by atomic mass is 10.2. The minimum Gasteiger partial charge on any atom is -0.497 e. The number of hydrogen-bond acceptors (Lipinski definition) is 4. The van der Waals surface area contributed by atoms with Crippen LogP contribution >= 0.6 is 0 Å². The average molecular weight is 252 g/mol. The molecule has 100 valence electrons. The van der Waals surface area contributed by atoms with Crippen LogP contribution in [0.1, 0.15) is 16.8 Å². The van der Waals surface area contributed by atoms with Gasteiger partial charge in [-0.3, -0.25) is 4.79 Å². The largest absolute Gasteiger partial charge is 0.497 e. The molecule has 1 amide bonds. The van der Waals surface area contributed by atoms with Crippen molar-refractivity contribution in [3.05, 3.63) is 23.8 Å². The van der Waals surface area contributed by atoms with Gasteiger partial charge in [-0.2, -0.15) is 0 Å². The standard InChI is InChI=1S/C13H20N2O3/c1-14-5-4-6-15-13(16)10-7-11(17-2)9-12(8-10)18-3/h7-9,14H,4-6H2,1-3H3,(H,15,16). The van der Waals surface area contributed by atoms with Crippen molar-refractivity contribution in [2.75, 3.05) is 34.4 Å². The van der Waals surface area contributed by atoms with Crippen LogP contribution in [-0.4, -0.2) is 40.3 Å². The molecule has 1 aromatic rings. The van der Waals surface area contributed by atoms with E-state index in [4.69, 9.17) is 9.47 Å². The minimum atomic E-state index is -0.122. The molecule has 0 bridgehead atoms. The van der Waals surface area contributed by atoms with Gasteiger partial charge in [0.05, 0.1) is 14.2 Å². The summed E-state index contributed by atoms with van der Waals surface area (Å²) in [5.74, 6) is 1.09. The monoisotopic (exact) mass is 252 g/mol. The molecule has 0 aliphatic heterocycles. The number of benzene rings is 1. The first-order chi connectivity index (χ1) is 8.71. The number of rotatable bonds is 7. The lowest BCUT2D eigenvalue weighted by Crippen LogP contribution is -2.26. The Balaban J connectivity index is 2.66. The summed E-state index contributed by atoms with van der Waals surface area (Å²) in [7, 11) is 5.00. The van der Waals surface area contributed by atoms with Crippen LogP contribution in [0.5, 0.6) is 11.5 Å². The second kappa shape index (κ2) is 7.55. The van der Waals surface area contributed by atoms with Gasteiger partial charge in [0.15, 0.2) is 0 Å². The molecule has 0 radical (unpaired) electrons. The molecule has 0 spiro atoms. The van der Waals surface area contributed by atoms with Gasteiger partial charge in [-0.1, -0.05) is 0 Å². The van der Waals surface area contributed by atoms with E-state index in [1.807, 2.05) is 7.05 Å². The molecule has 0 saturated heterocycles. The van der Waals surface area contributed by atoms with Crippen LogP contribution in [0.3, 0.4) is 0 Å². The molecule has 1 aromatic carbocycles. The van der Waals surface area contributed by atoms with Crippen LogP contribution in [0.15, 0.2) is 18.2 Å². The Morgan fingerprint density at radius 3 is 2.22 bits per heavy atom. The van der Waals surface area contributed by atoms with E-state index in [0.29, 0.717) is 23.6 Å². The minimum absolute atomic E-state index is 0.122. The lowest BCUT2D eigenvalue weighted by Gasteiger charge is -2.09. The molecule has 0 aromatic heterocycles. The molecule has 5 heteroatoms. The first-order valence-electron chi connectivity index (χ1n) is 5.87. The van der Waals surface area contributed by atoms with Gasteiger partial charge in [-0.15, -0.1) is 0 Å². The number of methoxy groups -OCH3 is 2. The van der Waals surface area contributed by atoms with Crippen molar-refractivity contribution in [3.8, 4) is 11.5 Å². The van der Waals surface area contributed by atoms with Crippen LogP contribution in [0.25, 0.3) is 0 Å². The molecular weight excluding hydrogens is 232 g/mol. The molecular formula is C13H20N2O3. The van der Waals surface area contributed by atoms with Crippen molar-refractivity contribution in [2.45, 2.75) is 6.42 Å². The fraction of sp³-hybridized carbons (Fsp3) is 0.462. The van der Waals surface area contributed by atoms with E-state index in [9.17, 15) is 4.79 Å². The van der Waals surface area contributed by atoms with Crippen LogP contribution in [0, 0.1) is 0 Å². The summed E-state index contributed by atoms with van der Waals surface area (Å²) in [6.45, 7) is 1.51. The van der Waals surface area contributed by atoms with Crippen molar-refractivity contribution in [2.24, 2.45) is 0 Å². The van der Waals surface area contributed by atoms with Gasteiger partial charge in [0.1, 0.15) is 11.5 Å². The van der Waals surface area contributed by atoms with Gasteiger partial charge in [0, 0.05) is 18.2 Å². The topological polar surface area (TPSA) is 59.6 Å². The zero-order valence-corrected chi connectivity index (χ0v) is 11.1. The SMILES string of the molecule is CNCCCNC(=O)c1cc(OC)cc(OC)c1. The maximum absolute atomic E-state index is 11.9. The van der Waals surface area contributed by atoms with Crippen LogP contribution in [-0.2, 0) is 0 Å². The number of ether oxygens (including phenoxy) is 2. The van der Waals surface area contributed by atoms with Crippen molar-refractivity contribution in [3.63, 3.8) is 0 Å².